The Kier molecular flexibility index (Phi) is 8.11. The summed E-state index contributed by atoms with van der Waals surface area (Å²) in [4.78, 5) is 53.2. The van der Waals surface area contributed by atoms with Gasteiger partial charge in [0.2, 0.25) is 11.8 Å². The summed E-state index contributed by atoms with van der Waals surface area (Å²) in [5.41, 5.74) is 1.39. The minimum Gasteiger partial charge on any atom is -0.495 e. The largest absolute Gasteiger partial charge is 0.495 e. The standard InChI is InChI=1S/C30H29ClN4O6/c1-40-25-15-26(41-2)23(14-21(25)31)33-27(36)16-34-24-13-6-5-11-20(24)29(38)35(30(34)39)17-28(37)32-22-12-7-9-18-8-3-4-10-19(18)22/h3-6,8,10-11,13-15,22H,7,9,12,16-17H2,1-2H3,(H,32,37)(H,33,36). The summed E-state index contributed by atoms with van der Waals surface area (Å²) in [6, 6.07) is 17.2. The lowest BCUT2D eigenvalue weighted by Crippen LogP contribution is -2.45. The molecule has 0 spiro atoms. The number of rotatable bonds is 8. The zero-order chi connectivity index (χ0) is 29.1. The van der Waals surface area contributed by atoms with Gasteiger partial charge in [-0.3, -0.25) is 23.5 Å². The number of carbonyl (C=O) groups excluding carboxylic acids is 2. The van der Waals surface area contributed by atoms with Gasteiger partial charge >= 0.3 is 5.69 Å². The first-order valence-corrected chi connectivity index (χ1v) is 13.5. The molecule has 212 valence electrons. The van der Waals surface area contributed by atoms with Crippen LogP contribution >= 0.6 is 11.6 Å². The lowest BCUT2D eigenvalue weighted by molar-refractivity contribution is -0.122. The third-order valence-electron chi connectivity index (χ3n) is 7.19. The highest BCUT2D eigenvalue weighted by Crippen LogP contribution is 2.36. The molecule has 0 saturated carbocycles. The van der Waals surface area contributed by atoms with E-state index in [2.05, 4.69) is 10.6 Å². The van der Waals surface area contributed by atoms with E-state index in [0.29, 0.717) is 11.5 Å². The summed E-state index contributed by atoms with van der Waals surface area (Å²) in [7, 11) is 2.89. The second-order valence-corrected chi connectivity index (χ2v) is 10.1. The second kappa shape index (κ2) is 11.9. The number of methoxy groups -OCH3 is 2. The maximum atomic E-state index is 13.6. The van der Waals surface area contributed by atoms with Crippen molar-refractivity contribution in [3.8, 4) is 11.5 Å². The smallest absolute Gasteiger partial charge is 0.332 e. The van der Waals surface area contributed by atoms with Crippen molar-refractivity contribution in [2.24, 2.45) is 0 Å². The fourth-order valence-electron chi connectivity index (χ4n) is 5.24. The number of hydrogen-bond acceptors (Lipinski definition) is 6. The van der Waals surface area contributed by atoms with E-state index >= 15 is 0 Å². The average molecular weight is 577 g/mol. The average Bonchev–Trinajstić information content (AvgIpc) is 2.98. The van der Waals surface area contributed by atoms with Crippen LogP contribution < -0.4 is 31.4 Å². The van der Waals surface area contributed by atoms with Crippen LogP contribution in [0.2, 0.25) is 5.02 Å². The summed E-state index contributed by atoms with van der Waals surface area (Å²) in [6.07, 6.45) is 2.62. The summed E-state index contributed by atoms with van der Waals surface area (Å²) >= 11 is 6.23. The Bertz CT molecular complexity index is 1760. The van der Waals surface area contributed by atoms with E-state index in [1.807, 2.05) is 24.3 Å². The quantitative estimate of drug-likeness (QED) is 0.330. The predicted octanol–water partition coefficient (Wildman–Crippen LogP) is 3.67. The summed E-state index contributed by atoms with van der Waals surface area (Å²) in [5.74, 6) is -0.353. The Morgan fingerprint density at radius 3 is 2.41 bits per heavy atom. The number of benzene rings is 3. The van der Waals surface area contributed by atoms with E-state index in [1.165, 1.54) is 36.5 Å². The number of halogens is 1. The topological polar surface area (TPSA) is 121 Å². The Labute approximate surface area is 240 Å². The number of para-hydroxylation sites is 1. The first-order chi connectivity index (χ1) is 19.8. The Hall–Kier alpha value is -4.57. The number of carbonyl (C=O) groups is 2. The van der Waals surface area contributed by atoms with Crippen LogP contribution in [0.15, 0.2) is 70.3 Å². The molecule has 0 saturated heterocycles. The van der Waals surface area contributed by atoms with Crippen molar-refractivity contribution in [3.63, 3.8) is 0 Å². The molecular formula is C30H29ClN4O6. The van der Waals surface area contributed by atoms with Crippen molar-refractivity contribution in [1.82, 2.24) is 14.5 Å². The zero-order valence-electron chi connectivity index (χ0n) is 22.6. The number of fused-ring (bicyclic) bond motifs is 2. The van der Waals surface area contributed by atoms with Crippen LogP contribution in [0, 0.1) is 0 Å². The number of ether oxygens (including phenoxy) is 2. The molecule has 1 aliphatic carbocycles. The molecule has 3 aromatic carbocycles. The molecule has 4 aromatic rings. The lowest BCUT2D eigenvalue weighted by Gasteiger charge is -2.26. The number of aryl methyl sites for hydroxylation is 1. The third-order valence-corrected chi connectivity index (χ3v) is 7.48. The van der Waals surface area contributed by atoms with Gasteiger partial charge in [-0.15, -0.1) is 0 Å². The molecule has 0 radical (unpaired) electrons. The van der Waals surface area contributed by atoms with E-state index in [4.69, 9.17) is 21.1 Å². The van der Waals surface area contributed by atoms with Crippen LogP contribution in [-0.4, -0.2) is 35.2 Å². The summed E-state index contributed by atoms with van der Waals surface area (Å²) in [6.45, 7) is -0.908. The molecule has 0 fully saturated rings. The van der Waals surface area contributed by atoms with Gasteiger partial charge in [0.1, 0.15) is 24.6 Å². The normalized spacial score (nSPS) is 14.3. The highest BCUT2D eigenvalue weighted by atomic mass is 35.5. The molecule has 2 N–H and O–H groups in total. The van der Waals surface area contributed by atoms with Crippen molar-refractivity contribution < 1.29 is 19.1 Å². The third kappa shape index (κ3) is 5.69. The van der Waals surface area contributed by atoms with Crippen molar-refractivity contribution in [2.45, 2.75) is 38.4 Å². The van der Waals surface area contributed by atoms with Crippen LogP contribution in [0.1, 0.15) is 30.0 Å². The highest BCUT2D eigenvalue weighted by Gasteiger charge is 2.23. The fraction of sp³-hybridized carbons (Fsp3) is 0.267. The van der Waals surface area contributed by atoms with E-state index in [1.54, 1.807) is 24.3 Å². The molecule has 10 nitrogen and oxygen atoms in total. The number of amides is 2. The van der Waals surface area contributed by atoms with E-state index in [9.17, 15) is 19.2 Å². The van der Waals surface area contributed by atoms with Gasteiger partial charge in [0.05, 0.1) is 41.9 Å². The molecule has 2 amide bonds. The minimum atomic E-state index is -0.775. The van der Waals surface area contributed by atoms with Gasteiger partial charge < -0.3 is 20.1 Å². The van der Waals surface area contributed by atoms with E-state index in [0.717, 1.165) is 29.4 Å². The predicted molar refractivity (Wildman–Crippen MR) is 156 cm³/mol. The van der Waals surface area contributed by atoms with Crippen LogP contribution in [0.3, 0.4) is 0 Å². The van der Waals surface area contributed by atoms with Crippen LogP contribution in [0.5, 0.6) is 11.5 Å². The SMILES string of the molecule is COc1cc(OC)c(NC(=O)Cn2c(=O)n(CC(=O)NC3CCCc4ccccc43)c(=O)c3ccccc32)cc1Cl. The van der Waals surface area contributed by atoms with Gasteiger partial charge in [0.25, 0.3) is 5.56 Å². The van der Waals surface area contributed by atoms with Crippen molar-refractivity contribution in [1.29, 1.82) is 0 Å². The molecule has 0 bridgehead atoms. The minimum absolute atomic E-state index is 0.206. The maximum Gasteiger partial charge on any atom is 0.332 e. The van der Waals surface area contributed by atoms with E-state index in [-0.39, 0.29) is 27.7 Å². The van der Waals surface area contributed by atoms with Gasteiger partial charge in [0.15, 0.2) is 0 Å². The van der Waals surface area contributed by atoms with Gasteiger partial charge in [-0.1, -0.05) is 48.0 Å². The van der Waals surface area contributed by atoms with Gasteiger partial charge in [0, 0.05) is 6.07 Å². The molecule has 1 heterocycles. The molecule has 1 aliphatic rings. The van der Waals surface area contributed by atoms with Gasteiger partial charge in [-0.05, 0) is 48.6 Å². The van der Waals surface area contributed by atoms with Crippen LogP contribution in [0.25, 0.3) is 10.9 Å². The molecule has 1 unspecified atom stereocenters. The summed E-state index contributed by atoms with van der Waals surface area (Å²) < 4.78 is 12.6. The first-order valence-electron chi connectivity index (χ1n) is 13.1. The second-order valence-electron chi connectivity index (χ2n) is 9.72. The highest BCUT2D eigenvalue weighted by molar-refractivity contribution is 6.32. The molecular weight excluding hydrogens is 548 g/mol. The van der Waals surface area contributed by atoms with Crippen LogP contribution in [-0.2, 0) is 29.1 Å². The first kappa shape index (κ1) is 28.0. The Morgan fingerprint density at radius 2 is 1.63 bits per heavy atom. The van der Waals surface area contributed by atoms with Crippen molar-refractivity contribution >= 4 is 40.0 Å². The number of aromatic nitrogens is 2. The number of hydrogen-bond donors (Lipinski definition) is 2. The molecule has 1 atom stereocenters. The number of anilines is 1. The van der Waals surface area contributed by atoms with Gasteiger partial charge in [-0.2, -0.15) is 0 Å². The lowest BCUT2D eigenvalue weighted by atomic mass is 9.88. The van der Waals surface area contributed by atoms with Gasteiger partial charge in [-0.25, -0.2) is 4.79 Å². The summed E-state index contributed by atoms with van der Waals surface area (Å²) in [5, 5.41) is 6.15. The molecule has 41 heavy (non-hydrogen) atoms. The van der Waals surface area contributed by atoms with Crippen molar-refractivity contribution in [2.75, 3.05) is 19.5 Å². The Morgan fingerprint density at radius 1 is 0.927 bits per heavy atom. The van der Waals surface area contributed by atoms with Crippen molar-refractivity contribution in [3.05, 3.63) is 97.7 Å². The maximum absolute atomic E-state index is 13.6. The number of nitrogens with one attached hydrogen (secondary N) is 2. The molecule has 1 aromatic heterocycles. The molecule has 0 aliphatic heterocycles. The fourth-order valence-corrected chi connectivity index (χ4v) is 5.48. The van der Waals surface area contributed by atoms with Crippen LogP contribution in [0.4, 0.5) is 5.69 Å². The van der Waals surface area contributed by atoms with E-state index < -0.39 is 36.2 Å². The molecule has 11 heteroatoms. The monoisotopic (exact) mass is 576 g/mol. The zero-order valence-corrected chi connectivity index (χ0v) is 23.4. The molecule has 5 rings (SSSR count). The number of nitrogens with zero attached hydrogens (tertiary/aromatic N) is 2. The Balaban J connectivity index is 1.43.